The van der Waals surface area contributed by atoms with Crippen LogP contribution in [-0.2, 0) is 10.2 Å². The second kappa shape index (κ2) is 7.41. The van der Waals surface area contributed by atoms with Gasteiger partial charge in [0.2, 0.25) is 5.89 Å². The fourth-order valence-corrected chi connectivity index (χ4v) is 3.44. The fourth-order valence-electron chi connectivity index (χ4n) is 1.96. The van der Waals surface area contributed by atoms with Gasteiger partial charge in [-0.25, -0.2) is 14.1 Å². The van der Waals surface area contributed by atoms with E-state index in [9.17, 15) is 17.6 Å². The van der Waals surface area contributed by atoms with Crippen LogP contribution < -0.4 is 4.72 Å². The average Bonchev–Trinajstić information content (AvgIpc) is 2.97. The number of halogens is 2. The predicted octanol–water partition coefficient (Wildman–Crippen LogP) is 2.56. The Hall–Kier alpha value is -1.78. The van der Waals surface area contributed by atoms with E-state index in [4.69, 9.17) is 4.42 Å². The topological polar surface area (TPSA) is 92.5 Å². The van der Waals surface area contributed by atoms with Crippen molar-refractivity contribution in [1.29, 1.82) is 0 Å². The Morgan fingerprint density at radius 3 is 2.62 bits per heavy atom. The lowest BCUT2D eigenvalue weighted by molar-refractivity contribution is 0.0974. The van der Waals surface area contributed by atoms with Crippen molar-refractivity contribution in [2.24, 2.45) is 0 Å². The summed E-state index contributed by atoms with van der Waals surface area (Å²) in [5.41, 5.74) is -0.202. The molecule has 7 nitrogen and oxygen atoms in total. The molecular formula is C14H15BrFN3O4S. The summed E-state index contributed by atoms with van der Waals surface area (Å²) in [5.74, 6) is -1.66. The first-order chi connectivity index (χ1) is 11.3. The fraction of sp³-hybridized carbons (Fsp3) is 0.286. The number of nitrogens with zero attached hydrogens (tertiary/aromatic N) is 2. The maximum Gasteiger partial charge on any atom is 0.304 e. The van der Waals surface area contributed by atoms with Gasteiger partial charge in [-0.05, 0) is 18.2 Å². The van der Waals surface area contributed by atoms with Gasteiger partial charge < -0.3 is 4.42 Å². The standard InChI is InChI=1S/C14H15BrFN3O4S/c1-3-19(4-2)24(21,22)18-13(20)12-8-23-14(17-12)10-6-5-9(15)7-11(10)16/h5-8H,3-4H2,1-2H3,(H,18,20). The molecule has 0 atom stereocenters. The minimum absolute atomic E-state index is 0.0591. The molecule has 0 aliphatic carbocycles. The molecule has 0 spiro atoms. The highest BCUT2D eigenvalue weighted by Gasteiger charge is 2.24. The van der Waals surface area contributed by atoms with Crippen LogP contribution in [0.1, 0.15) is 24.3 Å². The normalized spacial score (nSPS) is 11.7. The Kier molecular flexibility index (Phi) is 5.73. The minimum atomic E-state index is -3.97. The summed E-state index contributed by atoms with van der Waals surface area (Å²) >= 11 is 3.13. The number of hydrogen-bond acceptors (Lipinski definition) is 5. The predicted molar refractivity (Wildman–Crippen MR) is 88.9 cm³/mol. The molecule has 1 N–H and O–H groups in total. The molecule has 2 aromatic rings. The van der Waals surface area contributed by atoms with Crippen molar-refractivity contribution in [2.75, 3.05) is 13.1 Å². The zero-order valence-corrected chi connectivity index (χ0v) is 15.3. The highest BCUT2D eigenvalue weighted by atomic mass is 79.9. The summed E-state index contributed by atoms with van der Waals surface area (Å²) in [6, 6.07) is 4.25. The molecule has 1 heterocycles. The summed E-state index contributed by atoms with van der Waals surface area (Å²) in [6.07, 6.45) is 0.976. The van der Waals surface area contributed by atoms with Gasteiger partial charge in [-0.2, -0.15) is 12.7 Å². The number of aromatic nitrogens is 1. The summed E-state index contributed by atoms with van der Waals surface area (Å²) in [4.78, 5) is 15.9. The van der Waals surface area contributed by atoms with Crippen LogP contribution in [0, 0.1) is 5.82 Å². The summed E-state index contributed by atoms with van der Waals surface area (Å²) < 4.78 is 46.5. The highest BCUT2D eigenvalue weighted by molar-refractivity contribution is 9.10. The second-order valence-electron chi connectivity index (χ2n) is 4.68. The van der Waals surface area contributed by atoms with E-state index in [0.717, 1.165) is 10.6 Å². The van der Waals surface area contributed by atoms with E-state index in [2.05, 4.69) is 20.9 Å². The van der Waals surface area contributed by atoms with Crippen molar-refractivity contribution in [3.05, 3.63) is 40.4 Å². The van der Waals surface area contributed by atoms with Crippen LogP contribution in [0.4, 0.5) is 4.39 Å². The van der Waals surface area contributed by atoms with Gasteiger partial charge in [0.25, 0.3) is 5.91 Å². The Labute approximate surface area is 147 Å². The van der Waals surface area contributed by atoms with Crippen molar-refractivity contribution in [3.8, 4) is 11.5 Å². The van der Waals surface area contributed by atoms with Gasteiger partial charge in [-0.1, -0.05) is 29.8 Å². The van der Waals surface area contributed by atoms with E-state index in [1.807, 2.05) is 4.72 Å². The largest absolute Gasteiger partial charge is 0.444 e. The number of nitrogens with one attached hydrogen (secondary N) is 1. The lowest BCUT2D eigenvalue weighted by atomic mass is 10.2. The van der Waals surface area contributed by atoms with Gasteiger partial charge >= 0.3 is 10.2 Å². The van der Waals surface area contributed by atoms with Gasteiger partial charge in [0.15, 0.2) is 5.69 Å². The van der Waals surface area contributed by atoms with Crippen LogP contribution in [0.25, 0.3) is 11.5 Å². The molecule has 0 aliphatic rings. The second-order valence-corrected chi connectivity index (χ2v) is 7.27. The molecule has 0 unspecified atom stereocenters. The first-order valence-corrected chi connectivity index (χ1v) is 9.25. The minimum Gasteiger partial charge on any atom is -0.444 e. The molecule has 0 fully saturated rings. The van der Waals surface area contributed by atoms with Crippen LogP contribution in [-0.4, -0.2) is 36.7 Å². The van der Waals surface area contributed by atoms with Gasteiger partial charge in [0.1, 0.15) is 12.1 Å². The van der Waals surface area contributed by atoms with E-state index >= 15 is 0 Å². The monoisotopic (exact) mass is 419 g/mol. The smallest absolute Gasteiger partial charge is 0.304 e. The number of benzene rings is 1. The third-order valence-corrected chi connectivity index (χ3v) is 5.30. The van der Waals surface area contributed by atoms with E-state index in [1.165, 1.54) is 12.1 Å². The maximum atomic E-state index is 13.9. The number of carbonyl (C=O) groups is 1. The van der Waals surface area contributed by atoms with Crippen LogP contribution in [0.15, 0.2) is 33.4 Å². The summed E-state index contributed by atoms with van der Waals surface area (Å²) in [6.45, 7) is 3.73. The van der Waals surface area contributed by atoms with Crippen molar-refractivity contribution in [3.63, 3.8) is 0 Å². The molecule has 0 aliphatic heterocycles. The molecular weight excluding hydrogens is 405 g/mol. The zero-order valence-electron chi connectivity index (χ0n) is 12.9. The molecule has 1 aromatic carbocycles. The van der Waals surface area contributed by atoms with Crippen LogP contribution in [0.5, 0.6) is 0 Å². The molecule has 10 heteroatoms. The molecule has 0 radical (unpaired) electrons. The van der Waals surface area contributed by atoms with E-state index < -0.39 is 21.9 Å². The quantitative estimate of drug-likeness (QED) is 0.776. The van der Waals surface area contributed by atoms with Gasteiger partial charge in [-0.15, -0.1) is 0 Å². The Morgan fingerprint density at radius 2 is 2.04 bits per heavy atom. The Balaban J connectivity index is 2.23. The molecule has 2 rings (SSSR count). The molecule has 130 valence electrons. The molecule has 1 amide bonds. The first kappa shape index (κ1) is 18.6. The average molecular weight is 420 g/mol. The van der Waals surface area contributed by atoms with Crippen molar-refractivity contribution in [1.82, 2.24) is 14.0 Å². The first-order valence-electron chi connectivity index (χ1n) is 7.01. The van der Waals surface area contributed by atoms with E-state index in [1.54, 1.807) is 19.9 Å². The summed E-state index contributed by atoms with van der Waals surface area (Å²) in [7, 11) is -3.97. The molecule has 24 heavy (non-hydrogen) atoms. The highest BCUT2D eigenvalue weighted by Crippen LogP contribution is 2.25. The number of rotatable bonds is 6. The molecule has 1 aromatic heterocycles. The van der Waals surface area contributed by atoms with Gasteiger partial charge in [0.05, 0.1) is 5.56 Å². The maximum absolute atomic E-state index is 13.9. The number of oxazole rings is 1. The third kappa shape index (κ3) is 4.00. The number of amides is 1. The van der Waals surface area contributed by atoms with Crippen LogP contribution in [0.2, 0.25) is 0 Å². The lowest BCUT2D eigenvalue weighted by Gasteiger charge is -2.17. The Bertz CT molecular complexity index is 849. The number of hydrogen-bond donors (Lipinski definition) is 1. The van der Waals surface area contributed by atoms with Crippen molar-refractivity contribution in [2.45, 2.75) is 13.8 Å². The SMILES string of the molecule is CCN(CC)S(=O)(=O)NC(=O)c1coc(-c2ccc(Br)cc2F)n1. The van der Waals surface area contributed by atoms with E-state index in [0.29, 0.717) is 4.47 Å². The Morgan fingerprint density at radius 1 is 1.38 bits per heavy atom. The van der Waals surface area contributed by atoms with Crippen LogP contribution in [0.3, 0.4) is 0 Å². The van der Waals surface area contributed by atoms with E-state index in [-0.39, 0.29) is 30.2 Å². The third-order valence-electron chi connectivity index (χ3n) is 3.17. The molecule has 0 bridgehead atoms. The van der Waals surface area contributed by atoms with Gasteiger partial charge in [0, 0.05) is 17.6 Å². The van der Waals surface area contributed by atoms with Crippen LogP contribution >= 0.6 is 15.9 Å². The lowest BCUT2D eigenvalue weighted by Crippen LogP contribution is -2.43. The van der Waals surface area contributed by atoms with Crippen molar-refractivity contribution >= 4 is 32.0 Å². The summed E-state index contributed by atoms with van der Waals surface area (Å²) in [5, 5.41) is 0. The zero-order chi connectivity index (χ0) is 17.9. The molecule has 0 saturated carbocycles. The van der Waals surface area contributed by atoms with Gasteiger partial charge in [-0.3, -0.25) is 4.79 Å². The molecule has 0 saturated heterocycles. The van der Waals surface area contributed by atoms with Crippen molar-refractivity contribution < 1.29 is 22.0 Å². The number of carbonyl (C=O) groups excluding carboxylic acids is 1.